The SMILES string of the molecule is Cc1cc(F)ccc1CNC(C)c1cccc(Cl)c1. The van der Waals surface area contributed by atoms with E-state index in [4.69, 9.17) is 11.6 Å². The summed E-state index contributed by atoms with van der Waals surface area (Å²) in [6, 6.07) is 12.9. The van der Waals surface area contributed by atoms with Crippen LogP contribution < -0.4 is 5.32 Å². The summed E-state index contributed by atoms with van der Waals surface area (Å²) in [4.78, 5) is 0. The van der Waals surface area contributed by atoms with Gasteiger partial charge in [-0.3, -0.25) is 0 Å². The summed E-state index contributed by atoms with van der Waals surface area (Å²) in [6.07, 6.45) is 0. The quantitative estimate of drug-likeness (QED) is 0.858. The van der Waals surface area contributed by atoms with Gasteiger partial charge < -0.3 is 5.32 Å². The van der Waals surface area contributed by atoms with E-state index in [2.05, 4.69) is 12.2 Å². The Balaban J connectivity index is 2.02. The standard InChI is InChI=1S/C16H17ClFN/c1-11-8-16(18)7-6-14(11)10-19-12(2)13-4-3-5-15(17)9-13/h3-9,12,19H,10H2,1-2H3. The molecule has 1 atom stereocenters. The molecule has 100 valence electrons. The first-order valence-corrected chi connectivity index (χ1v) is 6.68. The minimum absolute atomic E-state index is 0.191. The van der Waals surface area contributed by atoms with E-state index in [1.807, 2.05) is 37.3 Å². The minimum atomic E-state index is -0.191. The van der Waals surface area contributed by atoms with E-state index >= 15 is 0 Å². The van der Waals surface area contributed by atoms with Crippen molar-refractivity contribution in [1.29, 1.82) is 0 Å². The van der Waals surface area contributed by atoms with E-state index in [0.717, 1.165) is 21.7 Å². The molecule has 0 amide bonds. The normalized spacial score (nSPS) is 12.4. The van der Waals surface area contributed by atoms with Gasteiger partial charge in [0.2, 0.25) is 0 Å². The monoisotopic (exact) mass is 277 g/mol. The van der Waals surface area contributed by atoms with Crippen LogP contribution in [0.4, 0.5) is 4.39 Å². The molecule has 1 nitrogen and oxygen atoms in total. The topological polar surface area (TPSA) is 12.0 Å². The fourth-order valence-corrected chi connectivity index (χ4v) is 2.21. The molecule has 0 radical (unpaired) electrons. The lowest BCUT2D eigenvalue weighted by atomic mass is 10.1. The van der Waals surface area contributed by atoms with Gasteiger partial charge in [-0.1, -0.05) is 29.8 Å². The number of nitrogens with one attached hydrogen (secondary N) is 1. The lowest BCUT2D eigenvalue weighted by molar-refractivity contribution is 0.571. The molecule has 0 saturated carbocycles. The van der Waals surface area contributed by atoms with Gasteiger partial charge in [-0.2, -0.15) is 0 Å². The zero-order valence-corrected chi connectivity index (χ0v) is 11.8. The highest BCUT2D eigenvalue weighted by Gasteiger charge is 2.06. The van der Waals surface area contributed by atoms with Crippen LogP contribution in [0.15, 0.2) is 42.5 Å². The second-order valence-electron chi connectivity index (χ2n) is 4.73. The summed E-state index contributed by atoms with van der Waals surface area (Å²) in [6.45, 7) is 4.72. The average Bonchev–Trinajstić information content (AvgIpc) is 2.37. The Labute approximate surface area is 118 Å². The molecular formula is C16H17ClFN. The van der Waals surface area contributed by atoms with Gasteiger partial charge in [0.05, 0.1) is 0 Å². The van der Waals surface area contributed by atoms with E-state index in [1.54, 1.807) is 6.07 Å². The van der Waals surface area contributed by atoms with Crippen molar-refractivity contribution in [2.45, 2.75) is 26.4 Å². The van der Waals surface area contributed by atoms with Crippen LogP contribution in [0.1, 0.15) is 29.7 Å². The minimum Gasteiger partial charge on any atom is -0.306 e. The summed E-state index contributed by atoms with van der Waals surface area (Å²) >= 11 is 5.98. The number of hydrogen-bond acceptors (Lipinski definition) is 1. The number of halogens is 2. The Morgan fingerprint density at radius 3 is 2.68 bits per heavy atom. The first-order chi connectivity index (χ1) is 9.06. The number of aryl methyl sites for hydroxylation is 1. The molecule has 0 saturated heterocycles. The first-order valence-electron chi connectivity index (χ1n) is 6.30. The van der Waals surface area contributed by atoms with Gasteiger partial charge in [-0.05, 0) is 54.8 Å². The maximum Gasteiger partial charge on any atom is 0.123 e. The molecule has 19 heavy (non-hydrogen) atoms. The highest BCUT2D eigenvalue weighted by atomic mass is 35.5. The van der Waals surface area contributed by atoms with Gasteiger partial charge >= 0.3 is 0 Å². The molecule has 0 heterocycles. The van der Waals surface area contributed by atoms with E-state index in [0.29, 0.717) is 6.54 Å². The predicted molar refractivity (Wildman–Crippen MR) is 77.8 cm³/mol. The second-order valence-corrected chi connectivity index (χ2v) is 5.16. The van der Waals surface area contributed by atoms with Crippen LogP contribution in [-0.2, 0) is 6.54 Å². The molecule has 3 heteroatoms. The van der Waals surface area contributed by atoms with Crippen molar-refractivity contribution in [3.05, 3.63) is 70.0 Å². The van der Waals surface area contributed by atoms with Crippen LogP contribution in [0.25, 0.3) is 0 Å². The third kappa shape index (κ3) is 3.79. The molecule has 1 unspecified atom stereocenters. The van der Waals surface area contributed by atoms with Crippen molar-refractivity contribution in [1.82, 2.24) is 5.32 Å². The number of rotatable bonds is 4. The highest BCUT2D eigenvalue weighted by molar-refractivity contribution is 6.30. The van der Waals surface area contributed by atoms with E-state index in [1.165, 1.54) is 6.07 Å². The van der Waals surface area contributed by atoms with Crippen LogP contribution in [0.2, 0.25) is 5.02 Å². The van der Waals surface area contributed by atoms with Gasteiger partial charge in [-0.25, -0.2) is 4.39 Å². The Bertz CT molecular complexity index is 568. The molecule has 0 bridgehead atoms. The molecule has 0 fully saturated rings. The molecule has 0 aliphatic heterocycles. The van der Waals surface area contributed by atoms with Crippen molar-refractivity contribution in [2.75, 3.05) is 0 Å². The fourth-order valence-electron chi connectivity index (χ4n) is 2.01. The van der Waals surface area contributed by atoms with Gasteiger partial charge in [0.25, 0.3) is 0 Å². The largest absolute Gasteiger partial charge is 0.306 e. The summed E-state index contributed by atoms with van der Waals surface area (Å²) in [5.74, 6) is -0.191. The highest BCUT2D eigenvalue weighted by Crippen LogP contribution is 2.18. The molecule has 0 aromatic heterocycles. The predicted octanol–water partition coefficient (Wildman–Crippen LogP) is 4.64. The molecular weight excluding hydrogens is 261 g/mol. The van der Waals surface area contributed by atoms with E-state index in [9.17, 15) is 4.39 Å². The van der Waals surface area contributed by atoms with Gasteiger partial charge in [-0.15, -0.1) is 0 Å². The summed E-state index contributed by atoms with van der Waals surface area (Å²) < 4.78 is 13.0. The van der Waals surface area contributed by atoms with E-state index < -0.39 is 0 Å². The average molecular weight is 278 g/mol. The Morgan fingerprint density at radius 2 is 2.00 bits per heavy atom. The van der Waals surface area contributed by atoms with Crippen molar-refractivity contribution in [2.24, 2.45) is 0 Å². The van der Waals surface area contributed by atoms with Crippen molar-refractivity contribution in [3.63, 3.8) is 0 Å². The zero-order valence-electron chi connectivity index (χ0n) is 11.1. The van der Waals surface area contributed by atoms with E-state index in [-0.39, 0.29) is 11.9 Å². The van der Waals surface area contributed by atoms with Crippen molar-refractivity contribution in [3.8, 4) is 0 Å². The second kappa shape index (κ2) is 6.18. The lowest BCUT2D eigenvalue weighted by Gasteiger charge is -2.15. The van der Waals surface area contributed by atoms with Crippen molar-refractivity contribution >= 4 is 11.6 Å². The Hall–Kier alpha value is -1.38. The fraction of sp³-hybridized carbons (Fsp3) is 0.250. The van der Waals surface area contributed by atoms with Crippen LogP contribution >= 0.6 is 11.6 Å². The molecule has 2 aromatic carbocycles. The molecule has 1 N–H and O–H groups in total. The molecule has 2 aromatic rings. The Kier molecular flexibility index (Phi) is 4.56. The third-order valence-corrected chi connectivity index (χ3v) is 3.49. The first kappa shape index (κ1) is 14.0. The van der Waals surface area contributed by atoms with Gasteiger partial charge in [0.15, 0.2) is 0 Å². The molecule has 2 rings (SSSR count). The van der Waals surface area contributed by atoms with Crippen LogP contribution in [0.5, 0.6) is 0 Å². The number of benzene rings is 2. The maximum absolute atomic E-state index is 13.0. The van der Waals surface area contributed by atoms with Crippen LogP contribution in [0, 0.1) is 12.7 Å². The smallest absolute Gasteiger partial charge is 0.123 e. The molecule has 0 aliphatic rings. The molecule has 0 aliphatic carbocycles. The lowest BCUT2D eigenvalue weighted by Crippen LogP contribution is -2.18. The Morgan fingerprint density at radius 1 is 1.21 bits per heavy atom. The summed E-state index contributed by atoms with van der Waals surface area (Å²) in [7, 11) is 0. The molecule has 0 spiro atoms. The maximum atomic E-state index is 13.0. The van der Waals surface area contributed by atoms with Gasteiger partial charge in [0, 0.05) is 17.6 Å². The van der Waals surface area contributed by atoms with Crippen LogP contribution in [-0.4, -0.2) is 0 Å². The summed E-state index contributed by atoms with van der Waals surface area (Å²) in [5, 5.41) is 4.16. The number of hydrogen-bond donors (Lipinski definition) is 1. The van der Waals surface area contributed by atoms with Crippen LogP contribution in [0.3, 0.4) is 0 Å². The summed E-state index contributed by atoms with van der Waals surface area (Å²) in [5.41, 5.74) is 3.22. The van der Waals surface area contributed by atoms with Crippen molar-refractivity contribution < 1.29 is 4.39 Å². The zero-order chi connectivity index (χ0) is 13.8. The third-order valence-electron chi connectivity index (χ3n) is 3.25. The van der Waals surface area contributed by atoms with Gasteiger partial charge in [0.1, 0.15) is 5.82 Å².